The minimum absolute atomic E-state index is 0.0240. The summed E-state index contributed by atoms with van der Waals surface area (Å²) in [5.41, 5.74) is 0. The summed E-state index contributed by atoms with van der Waals surface area (Å²) in [5.74, 6) is 0. The number of urea groups is 1. The first-order valence-electron chi connectivity index (χ1n) is 8.21. The summed E-state index contributed by atoms with van der Waals surface area (Å²) in [6.45, 7) is 3.62. The number of carbonyl (C=O) groups excluding carboxylic acids is 1. The maximum Gasteiger partial charge on any atom is 0.315 e. The van der Waals surface area contributed by atoms with Gasteiger partial charge in [0, 0.05) is 25.2 Å². The molecule has 114 valence electrons. The number of rotatable bonds is 3. The summed E-state index contributed by atoms with van der Waals surface area (Å²) in [6, 6.07) is 0.977. The summed E-state index contributed by atoms with van der Waals surface area (Å²) in [5, 5.41) is 6.06. The largest absolute Gasteiger partial charge is 0.373 e. The zero-order chi connectivity index (χ0) is 13.8. The third kappa shape index (κ3) is 3.64. The number of nitrogens with one attached hydrogen (secondary N) is 2. The number of ether oxygens (including phenoxy) is 1. The van der Waals surface area contributed by atoms with E-state index in [9.17, 15) is 4.79 Å². The van der Waals surface area contributed by atoms with Gasteiger partial charge in [0.15, 0.2) is 0 Å². The predicted octanol–water partition coefficient (Wildman–Crippen LogP) is 1.48. The van der Waals surface area contributed by atoms with Crippen molar-refractivity contribution in [1.82, 2.24) is 15.5 Å². The number of hydrogen-bond donors (Lipinski definition) is 2. The minimum Gasteiger partial charge on any atom is -0.373 e. The lowest BCUT2D eigenvalue weighted by atomic mass is 9.96. The van der Waals surface area contributed by atoms with Gasteiger partial charge in [-0.3, -0.25) is 4.90 Å². The van der Waals surface area contributed by atoms with Crippen molar-refractivity contribution in [2.24, 2.45) is 0 Å². The molecule has 2 aliphatic heterocycles. The lowest BCUT2D eigenvalue weighted by molar-refractivity contribution is -0.0458. The minimum atomic E-state index is -0.0240. The summed E-state index contributed by atoms with van der Waals surface area (Å²) >= 11 is 0. The molecule has 5 heteroatoms. The van der Waals surface area contributed by atoms with Crippen molar-refractivity contribution in [2.75, 3.05) is 26.2 Å². The van der Waals surface area contributed by atoms with E-state index in [0.717, 1.165) is 26.0 Å². The Morgan fingerprint density at radius 3 is 2.85 bits per heavy atom. The van der Waals surface area contributed by atoms with E-state index < -0.39 is 0 Å². The number of hydrogen-bond acceptors (Lipinski definition) is 3. The van der Waals surface area contributed by atoms with Gasteiger partial charge < -0.3 is 15.4 Å². The van der Waals surface area contributed by atoms with E-state index in [4.69, 9.17) is 4.74 Å². The van der Waals surface area contributed by atoms with Gasteiger partial charge in [0.2, 0.25) is 0 Å². The first kappa shape index (κ1) is 14.1. The van der Waals surface area contributed by atoms with Crippen LogP contribution in [0, 0.1) is 0 Å². The third-order valence-corrected chi connectivity index (χ3v) is 4.89. The molecular formula is C15H27N3O2. The molecule has 3 fully saturated rings. The highest BCUT2D eigenvalue weighted by molar-refractivity contribution is 5.74. The average Bonchev–Trinajstić information content (AvgIpc) is 2.93. The molecular weight excluding hydrogens is 254 g/mol. The van der Waals surface area contributed by atoms with Crippen LogP contribution < -0.4 is 10.6 Å². The topological polar surface area (TPSA) is 53.6 Å². The molecule has 0 aromatic carbocycles. The van der Waals surface area contributed by atoms with Crippen LogP contribution in [0.1, 0.15) is 44.9 Å². The standard InChI is InChI=1S/C15H27N3O2/c19-15(17-12-5-2-1-3-6-12)16-9-14-10-18-8-4-7-13(18)11-20-14/h12-14H,1-11H2,(H2,16,17,19)/t13-,14-/m1/s1. The maximum absolute atomic E-state index is 11.9. The van der Waals surface area contributed by atoms with Gasteiger partial charge in [0.25, 0.3) is 0 Å². The molecule has 0 bridgehead atoms. The molecule has 2 saturated heterocycles. The van der Waals surface area contributed by atoms with E-state index in [1.807, 2.05) is 0 Å². The van der Waals surface area contributed by atoms with Crippen LogP contribution >= 0.6 is 0 Å². The number of fused-ring (bicyclic) bond motifs is 1. The second-order valence-corrected chi connectivity index (χ2v) is 6.44. The second kappa shape index (κ2) is 6.76. The van der Waals surface area contributed by atoms with Crippen molar-refractivity contribution in [3.8, 4) is 0 Å². The van der Waals surface area contributed by atoms with Crippen LogP contribution in [0.5, 0.6) is 0 Å². The van der Waals surface area contributed by atoms with Crippen LogP contribution in [0.2, 0.25) is 0 Å². The molecule has 3 rings (SSSR count). The maximum atomic E-state index is 11.9. The molecule has 3 aliphatic rings. The van der Waals surface area contributed by atoms with Crippen molar-refractivity contribution >= 4 is 6.03 Å². The van der Waals surface area contributed by atoms with Gasteiger partial charge >= 0.3 is 6.03 Å². The summed E-state index contributed by atoms with van der Waals surface area (Å²) in [4.78, 5) is 14.4. The predicted molar refractivity (Wildman–Crippen MR) is 77.7 cm³/mol. The Labute approximate surface area is 121 Å². The summed E-state index contributed by atoms with van der Waals surface area (Å²) in [7, 11) is 0. The Morgan fingerprint density at radius 1 is 1.15 bits per heavy atom. The quantitative estimate of drug-likeness (QED) is 0.824. The zero-order valence-corrected chi connectivity index (χ0v) is 12.3. The molecule has 2 amide bonds. The van der Waals surface area contributed by atoms with E-state index in [1.54, 1.807) is 0 Å². The first-order valence-corrected chi connectivity index (χ1v) is 8.21. The molecule has 2 atom stereocenters. The van der Waals surface area contributed by atoms with Gasteiger partial charge in [-0.05, 0) is 32.2 Å². The van der Waals surface area contributed by atoms with Crippen LogP contribution in [-0.2, 0) is 4.74 Å². The molecule has 2 heterocycles. The Bertz CT molecular complexity index is 331. The lowest BCUT2D eigenvalue weighted by Gasteiger charge is -2.35. The number of morpholine rings is 1. The van der Waals surface area contributed by atoms with Gasteiger partial charge in [-0.1, -0.05) is 19.3 Å². The smallest absolute Gasteiger partial charge is 0.315 e. The van der Waals surface area contributed by atoms with Gasteiger partial charge in [-0.25, -0.2) is 4.79 Å². The highest BCUT2D eigenvalue weighted by Crippen LogP contribution is 2.22. The van der Waals surface area contributed by atoms with E-state index in [2.05, 4.69) is 15.5 Å². The van der Waals surface area contributed by atoms with Crippen molar-refractivity contribution in [1.29, 1.82) is 0 Å². The third-order valence-electron chi connectivity index (χ3n) is 4.89. The summed E-state index contributed by atoms with van der Waals surface area (Å²) < 4.78 is 5.85. The van der Waals surface area contributed by atoms with E-state index >= 15 is 0 Å². The monoisotopic (exact) mass is 281 g/mol. The van der Waals surface area contributed by atoms with Gasteiger partial charge in [0.1, 0.15) is 0 Å². The van der Waals surface area contributed by atoms with Crippen molar-refractivity contribution in [3.05, 3.63) is 0 Å². The Hall–Kier alpha value is -0.810. The molecule has 0 aromatic rings. The van der Waals surface area contributed by atoms with Crippen LogP contribution in [0.3, 0.4) is 0 Å². The van der Waals surface area contributed by atoms with Gasteiger partial charge in [0.05, 0.1) is 12.7 Å². The van der Waals surface area contributed by atoms with Crippen LogP contribution in [0.4, 0.5) is 4.79 Å². The first-order chi connectivity index (χ1) is 9.81. The Kier molecular flexibility index (Phi) is 4.78. The fraction of sp³-hybridized carbons (Fsp3) is 0.933. The van der Waals surface area contributed by atoms with E-state index in [1.165, 1.54) is 38.6 Å². The van der Waals surface area contributed by atoms with Crippen LogP contribution in [-0.4, -0.2) is 55.4 Å². The zero-order valence-electron chi connectivity index (χ0n) is 12.3. The van der Waals surface area contributed by atoms with E-state index in [0.29, 0.717) is 18.6 Å². The van der Waals surface area contributed by atoms with Crippen molar-refractivity contribution in [2.45, 2.75) is 63.1 Å². The fourth-order valence-corrected chi connectivity index (χ4v) is 3.70. The van der Waals surface area contributed by atoms with Crippen molar-refractivity contribution < 1.29 is 9.53 Å². The molecule has 0 unspecified atom stereocenters. The molecule has 0 spiro atoms. The lowest BCUT2D eigenvalue weighted by Crippen LogP contribution is -2.52. The summed E-state index contributed by atoms with van der Waals surface area (Å²) in [6.07, 6.45) is 8.76. The molecule has 2 N–H and O–H groups in total. The average molecular weight is 281 g/mol. The molecule has 0 aromatic heterocycles. The SMILES string of the molecule is O=C(NC[C@@H]1CN2CCC[C@@H]2CO1)NC1CCCCC1. The highest BCUT2D eigenvalue weighted by atomic mass is 16.5. The van der Waals surface area contributed by atoms with Crippen LogP contribution in [0.25, 0.3) is 0 Å². The fourth-order valence-electron chi connectivity index (χ4n) is 3.70. The van der Waals surface area contributed by atoms with Crippen molar-refractivity contribution in [3.63, 3.8) is 0 Å². The Balaban J connectivity index is 1.35. The van der Waals surface area contributed by atoms with E-state index in [-0.39, 0.29) is 12.1 Å². The molecule has 1 aliphatic carbocycles. The van der Waals surface area contributed by atoms with Gasteiger partial charge in [-0.15, -0.1) is 0 Å². The highest BCUT2D eigenvalue weighted by Gasteiger charge is 2.32. The molecule has 5 nitrogen and oxygen atoms in total. The normalized spacial score (nSPS) is 31.8. The molecule has 0 radical (unpaired) electrons. The van der Waals surface area contributed by atoms with Crippen LogP contribution in [0.15, 0.2) is 0 Å². The Morgan fingerprint density at radius 2 is 2.00 bits per heavy atom. The number of carbonyl (C=O) groups is 1. The second-order valence-electron chi connectivity index (χ2n) is 6.44. The molecule has 1 saturated carbocycles. The molecule has 20 heavy (non-hydrogen) atoms. The number of nitrogens with zero attached hydrogens (tertiary/aromatic N) is 1. The number of amides is 2. The van der Waals surface area contributed by atoms with Gasteiger partial charge in [-0.2, -0.15) is 0 Å².